The average Bonchev–Trinajstić information content (AvgIpc) is 2.26. The molecule has 1 amide bonds. The minimum absolute atomic E-state index is 0.0602. The Morgan fingerprint density at radius 1 is 1.31 bits per heavy atom. The number of amides is 1. The lowest BCUT2D eigenvalue weighted by atomic mass is 9.80. The summed E-state index contributed by atoms with van der Waals surface area (Å²) in [5.74, 6) is -0.348. The van der Waals surface area contributed by atoms with E-state index in [2.05, 4.69) is 11.9 Å². The number of hydrogen-bond donors (Lipinski definition) is 2. The molecule has 4 heteroatoms. The fraction of sp³-hybridized carbons (Fsp3) is 0.667. The number of carboxylic acid groups (broad SMARTS) is 1. The molecule has 2 N–H and O–H groups in total. The Balaban J connectivity index is 2.28. The van der Waals surface area contributed by atoms with Gasteiger partial charge in [0.15, 0.2) is 0 Å². The number of nitrogens with one attached hydrogen (secondary N) is 1. The third-order valence-corrected chi connectivity index (χ3v) is 3.10. The maximum atomic E-state index is 11.6. The molecule has 0 saturated heterocycles. The van der Waals surface area contributed by atoms with Gasteiger partial charge in [0.1, 0.15) is 0 Å². The predicted molar refractivity (Wildman–Crippen MR) is 60.9 cm³/mol. The van der Waals surface area contributed by atoms with Gasteiger partial charge in [-0.2, -0.15) is 0 Å². The molecule has 1 rings (SSSR count). The minimum atomic E-state index is -0.737. The first-order chi connectivity index (χ1) is 7.63. The van der Waals surface area contributed by atoms with Crippen molar-refractivity contribution in [1.29, 1.82) is 0 Å². The van der Waals surface area contributed by atoms with E-state index in [1.54, 1.807) is 6.08 Å². The highest BCUT2D eigenvalue weighted by atomic mass is 16.4. The summed E-state index contributed by atoms with van der Waals surface area (Å²) < 4.78 is 0. The Hall–Kier alpha value is -1.32. The van der Waals surface area contributed by atoms with Crippen LogP contribution in [0.3, 0.4) is 0 Å². The summed E-state index contributed by atoms with van der Waals surface area (Å²) in [4.78, 5) is 22.1. The van der Waals surface area contributed by atoms with Gasteiger partial charge in [-0.3, -0.25) is 9.59 Å². The van der Waals surface area contributed by atoms with Crippen molar-refractivity contribution >= 4 is 11.9 Å². The molecule has 0 bridgehead atoms. The van der Waals surface area contributed by atoms with E-state index in [1.807, 2.05) is 0 Å². The molecule has 0 aromatic carbocycles. The molecule has 1 saturated carbocycles. The molecule has 1 aliphatic carbocycles. The van der Waals surface area contributed by atoms with Gasteiger partial charge in [0.25, 0.3) is 0 Å². The van der Waals surface area contributed by atoms with Crippen LogP contribution in [0.1, 0.15) is 32.1 Å². The highest BCUT2D eigenvalue weighted by Gasteiger charge is 2.26. The summed E-state index contributed by atoms with van der Waals surface area (Å²) in [6.45, 7) is 4.05. The predicted octanol–water partition coefficient (Wildman–Crippen LogP) is 1.57. The monoisotopic (exact) mass is 225 g/mol. The normalized spacial score (nSPS) is 24.8. The zero-order chi connectivity index (χ0) is 12.0. The van der Waals surface area contributed by atoms with E-state index in [4.69, 9.17) is 5.11 Å². The van der Waals surface area contributed by atoms with Crippen LogP contribution in [0.2, 0.25) is 0 Å². The smallest absolute Gasteiger partial charge is 0.303 e. The Morgan fingerprint density at radius 2 is 1.94 bits per heavy atom. The summed E-state index contributed by atoms with van der Waals surface area (Å²) in [5, 5.41) is 11.5. The first-order valence-electron chi connectivity index (χ1n) is 5.74. The number of aliphatic carboxylic acids is 1. The second kappa shape index (κ2) is 6.30. The number of rotatable bonds is 5. The molecule has 4 nitrogen and oxygen atoms in total. The van der Waals surface area contributed by atoms with Crippen LogP contribution in [-0.2, 0) is 9.59 Å². The molecule has 0 heterocycles. The maximum absolute atomic E-state index is 11.6. The van der Waals surface area contributed by atoms with Crippen molar-refractivity contribution in [3.05, 3.63) is 12.7 Å². The zero-order valence-corrected chi connectivity index (χ0v) is 9.45. The van der Waals surface area contributed by atoms with E-state index >= 15 is 0 Å². The van der Waals surface area contributed by atoms with Crippen molar-refractivity contribution in [2.24, 2.45) is 11.8 Å². The Kier molecular flexibility index (Phi) is 5.02. The third kappa shape index (κ3) is 4.04. The number of carbonyl (C=O) groups is 2. The van der Waals surface area contributed by atoms with Crippen LogP contribution < -0.4 is 5.32 Å². The topological polar surface area (TPSA) is 66.4 Å². The third-order valence-electron chi connectivity index (χ3n) is 3.10. The highest BCUT2D eigenvalue weighted by Crippen LogP contribution is 2.30. The van der Waals surface area contributed by atoms with E-state index in [0.29, 0.717) is 6.54 Å². The molecule has 0 unspecified atom stereocenters. The molecule has 0 spiro atoms. The maximum Gasteiger partial charge on any atom is 0.303 e. The lowest BCUT2D eigenvalue weighted by Crippen LogP contribution is -2.33. The first-order valence-corrected chi connectivity index (χ1v) is 5.74. The first kappa shape index (κ1) is 12.7. The van der Waals surface area contributed by atoms with Gasteiger partial charge >= 0.3 is 5.97 Å². The number of carboxylic acids is 1. The van der Waals surface area contributed by atoms with Gasteiger partial charge in [-0.1, -0.05) is 6.08 Å². The molecule has 0 aliphatic heterocycles. The van der Waals surface area contributed by atoms with E-state index in [1.165, 1.54) is 0 Å². The molecule has 16 heavy (non-hydrogen) atoms. The van der Waals surface area contributed by atoms with Gasteiger partial charge in [0, 0.05) is 18.9 Å². The Labute approximate surface area is 95.7 Å². The van der Waals surface area contributed by atoms with Crippen molar-refractivity contribution in [2.75, 3.05) is 6.54 Å². The summed E-state index contributed by atoms with van der Waals surface area (Å²) in [6, 6.07) is 0. The van der Waals surface area contributed by atoms with Gasteiger partial charge < -0.3 is 10.4 Å². The summed E-state index contributed by atoms with van der Waals surface area (Å²) >= 11 is 0. The van der Waals surface area contributed by atoms with Crippen LogP contribution in [0.4, 0.5) is 0 Å². The quantitative estimate of drug-likeness (QED) is 0.698. The Morgan fingerprint density at radius 3 is 2.44 bits per heavy atom. The van der Waals surface area contributed by atoms with Gasteiger partial charge in [-0.25, -0.2) is 0 Å². The molecule has 0 atom stereocenters. The van der Waals surface area contributed by atoms with Crippen molar-refractivity contribution in [3.8, 4) is 0 Å². The molecule has 90 valence electrons. The zero-order valence-electron chi connectivity index (χ0n) is 9.45. The van der Waals surface area contributed by atoms with Crippen LogP contribution in [0.25, 0.3) is 0 Å². The second-order valence-corrected chi connectivity index (χ2v) is 4.35. The van der Waals surface area contributed by atoms with E-state index in [9.17, 15) is 9.59 Å². The summed E-state index contributed by atoms with van der Waals surface area (Å²) in [5.41, 5.74) is 0. The average molecular weight is 225 g/mol. The van der Waals surface area contributed by atoms with Crippen LogP contribution >= 0.6 is 0 Å². The van der Waals surface area contributed by atoms with Crippen molar-refractivity contribution < 1.29 is 14.7 Å². The lowest BCUT2D eigenvalue weighted by molar-refractivity contribution is -0.138. The summed E-state index contributed by atoms with van der Waals surface area (Å²) in [6.07, 6.45) is 5.20. The van der Waals surface area contributed by atoms with Gasteiger partial charge in [0.05, 0.1) is 0 Å². The molecule has 0 aromatic heterocycles. The van der Waals surface area contributed by atoms with Crippen LogP contribution in [-0.4, -0.2) is 23.5 Å². The standard InChI is InChI=1S/C12H19NO3/c1-2-7-13-12(16)10-5-3-9(4-6-10)8-11(14)15/h2,9-10H,1,3-8H2,(H,13,16)(H,14,15). The van der Waals surface area contributed by atoms with Gasteiger partial charge in [0.2, 0.25) is 5.91 Å². The molecule has 0 radical (unpaired) electrons. The molecule has 1 fully saturated rings. The fourth-order valence-electron chi connectivity index (χ4n) is 2.19. The molecular formula is C12H19NO3. The molecule has 1 aliphatic rings. The Bertz CT molecular complexity index is 267. The van der Waals surface area contributed by atoms with Gasteiger partial charge in [-0.05, 0) is 31.6 Å². The fourth-order valence-corrected chi connectivity index (χ4v) is 2.19. The largest absolute Gasteiger partial charge is 0.481 e. The molecular weight excluding hydrogens is 206 g/mol. The van der Waals surface area contributed by atoms with E-state index in [-0.39, 0.29) is 24.2 Å². The van der Waals surface area contributed by atoms with Crippen molar-refractivity contribution in [1.82, 2.24) is 5.32 Å². The molecule has 0 aromatic rings. The summed E-state index contributed by atoms with van der Waals surface area (Å²) in [7, 11) is 0. The number of carbonyl (C=O) groups excluding carboxylic acids is 1. The second-order valence-electron chi connectivity index (χ2n) is 4.35. The highest BCUT2D eigenvalue weighted by molar-refractivity contribution is 5.78. The minimum Gasteiger partial charge on any atom is -0.481 e. The SMILES string of the molecule is C=CCNC(=O)C1CCC(CC(=O)O)CC1. The van der Waals surface area contributed by atoms with Gasteiger partial charge in [-0.15, -0.1) is 6.58 Å². The number of hydrogen-bond acceptors (Lipinski definition) is 2. The van der Waals surface area contributed by atoms with E-state index < -0.39 is 5.97 Å². The van der Waals surface area contributed by atoms with Crippen molar-refractivity contribution in [2.45, 2.75) is 32.1 Å². The van der Waals surface area contributed by atoms with Crippen LogP contribution in [0, 0.1) is 11.8 Å². The lowest BCUT2D eigenvalue weighted by Gasteiger charge is -2.26. The van der Waals surface area contributed by atoms with Crippen LogP contribution in [0.5, 0.6) is 0 Å². The van der Waals surface area contributed by atoms with Crippen LogP contribution in [0.15, 0.2) is 12.7 Å². The van der Waals surface area contributed by atoms with Crippen molar-refractivity contribution in [3.63, 3.8) is 0 Å². The van der Waals surface area contributed by atoms with E-state index in [0.717, 1.165) is 25.7 Å².